The van der Waals surface area contributed by atoms with Crippen molar-refractivity contribution in [3.63, 3.8) is 0 Å². The van der Waals surface area contributed by atoms with Crippen LogP contribution in [0, 0.1) is 0 Å². The van der Waals surface area contributed by atoms with Crippen molar-refractivity contribution in [3.8, 4) is 22.4 Å². The topological polar surface area (TPSA) is 54.7 Å². The van der Waals surface area contributed by atoms with Gasteiger partial charge in [-0.05, 0) is 63.5 Å². The van der Waals surface area contributed by atoms with Crippen LogP contribution in [-0.2, 0) is 151 Å². The maximum Gasteiger partial charge on any atom is 0.149 e. The molecule has 376 valence electrons. The van der Waals surface area contributed by atoms with Gasteiger partial charge in [-0.3, -0.25) is 0 Å². The molecule has 79 heavy (non-hydrogen) atoms. The van der Waals surface area contributed by atoms with Gasteiger partial charge in [0.1, 0.15) is 5.82 Å². The molecule has 5 aromatic heterocycles. The molecule has 0 atom stereocenters. The van der Waals surface area contributed by atoms with Crippen LogP contribution in [0.2, 0.25) is 0 Å². The average molecular weight is 1330 g/mol. The molecule has 16 rings (SSSR count). The summed E-state index contributed by atoms with van der Waals surface area (Å²) in [7, 11) is 2.12. The fourth-order valence-corrected chi connectivity index (χ4v) is 11.5. The van der Waals surface area contributed by atoms with E-state index in [1.165, 1.54) is 98.1 Å². The summed E-state index contributed by atoms with van der Waals surface area (Å²) < 4.78 is 7.05. The zero-order valence-electron chi connectivity index (χ0n) is 45.3. The van der Waals surface area contributed by atoms with E-state index in [9.17, 15) is 0 Å². The molecule has 10 aromatic carbocycles. The second kappa shape index (κ2) is 26.8. The second-order valence-corrected chi connectivity index (χ2v) is 18.5. The fraction of sp³-hybridized carbons (Fsp3) is 0.101. The first-order valence-electron chi connectivity index (χ1n) is 26.3. The first kappa shape index (κ1) is 60.3. The molecule has 6 nitrogen and oxygen atoms in total. The summed E-state index contributed by atoms with van der Waals surface area (Å²) >= 11 is 0. The van der Waals surface area contributed by atoms with Crippen molar-refractivity contribution in [2.45, 2.75) is 40.8 Å². The van der Waals surface area contributed by atoms with Gasteiger partial charge in [-0.2, -0.15) is 0 Å². The van der Waals surface area contributed by atoms with Gasteiger partial charge < -0.3 is 18.7 Å². The molecule has 0 saturated heterocycles. The van der Waals surface area contributed by atoms with Crippen LogP contribution in [0.25, 0.3) is 120 Å². The molecule has 10 heteroatoms. The summed E-state index contributed by atoms with van der Waals surface area (Å²) in [5, 5.41) is 12.7. The third-order valence-electron chi connectivity index (χ3n) is 14.6. The maximum absolute atomic E-state index is 5.44. The quantitative estimate of drug-likeness (QED) is 0.176. The molecule has 1 aliphatic carbocycles. The van der Waals surface area contributed by atoms with Gasteiger partial charge in [0.2, 0.25) is 0 Å². The number of rotatable bonds is 4. The predicted octanol–water partition coefficient (Wildman–Crippen LogP) is 17.9. The number of hydrogen-bond donors (Lipinski definition) is 0. The van der Waals surface area contributed by atoms with Crippen LogP contribution >= 0.6 is 0 Å². The van der Waals surface area contributed by atoms with Gasteiger partial charge in [-0.1, -0.05) is 222 Å². The summed E-state index contributed by atoms with van der Waals surface area (Å²) in [6.45, 7) is 9.25. The van der Waals surface area contributed by atoms with Crippen LogP contribution in [0.4, 0.5) is 0 Å². The van der Waals surface area contributed by atoms with Crippen LogP contribution in [0.1, 0.15) is 39.2 Å². The monoisotopic (exact) mass is 1330 g/mol. The smallest absolute Gasteiger partial charge is 0.149 e. The molecule has 0 saturated carbocycles. The van der Waals surface area contributed by atoms with E-state index in [4.69, 9.17) is 9.97 Å². The van der Waals surface area contributed by atoms with E-state index in [2.05, 4.69) is 244 Å². The largest absolute Gasteiger partial charge is 0.657 e. The molecule has 0 unspecified atom stereocenters. The van der Waals surface area contributed by atoms with Gasteiger partial charge >= 0.3 is 0 Å². The summed E-state index contributed by atoms with van der Waals surface area (Å²) in [6.07, 6.45) is 0. The van der Waals surface area contributed by atoms with E-state index >= 15 is 0 Å². The van der Waals surface area contributed by atoms with Gasteiger partial charge in [-0.25, -0.2) is 9.97 Å². The van der Waals surface area contributed by atoms with E-state index in [0.717, 1.165) is 33.8 Å². The maximum atomic E-state index is 5.44. The Bertz CT molecular complexity index is 4370. The normalized spacial score (nSPS) is 10.8. The zero-order chi connectivity index (χ0) is 51.0. The molecular formula is C69H57N6Y4-. The van der Waals surface area contributed by atoms with E-state index in [1.807, 2.05) is 39.8 Å². The Labute approximate surface area is 562 Å². The van der Waals surface area contributed by atoms with Crippen molar-refractivity contribution in [1.29, 1.82) is 0 Å². The minimum atomic E-state index is 0. The van der Waals surface area contributed by atoms with Crippen molar-refractivity contribution in [3.05, 3.63) is 242 Å². The predicted molar refractivity (Wildman–Crippen MR) is 319 cm³/mol. The van der Waals surface area contributed by atoms with Crippen molar-refractivity contribution in [1.82, 2.24) is 28.7 Å². The van der Waals surface area contributed by atoms with Crippen molar-refractivity contribution < 1.29 is 131 Å². The van der Waals surface area contributed by atoms with Crippen LogP contribution < -0.4 is 4.98 Å². The van der Waals surface area contributed by atoms with E-state index < -0.39 is 0 Å². The van der Waals surface area contributed by atoms with E-state index in [1.54, 1.807) is 0 Å². The van der Waals surface area contributed by atoms with Gasteiger partial charge in [0, 0.05) is 214 Å². The minimum absolute atomic E-state index is 0. The third-order valence-corrected chi connectivity index (χ3v) is 14.6. The molecule has 4 radical (unpaired) electrons. The van der Waals surface area contributed by atoms with Gasteiger partial charge in [0.15, 0.2) is 0 Å². The molecule has 15 aromatic rings. The van der Waals surface area contributed by atoms with Gasteiger partial charge in [0.25, 0.3) is 0 Å². The molecule has 0 fully saturated rings. The molecular weight excluding hydrogens is 1270 g/mol. The molecule has 0 bridgehead atoms. The molecule has 0 amide bonds. The number of para-hydroxylation sites is 8. The van der Waals surface area contributed by atoms with Gasteiger partial charge in [0.05, 0.1) is 24.5 Å². The Balaban J connectivity index is 0.000000192. The number of aryl methyl sites for hydroxylation is 1. The summed E-state index contributed by atoms with van der Waals surface area (Å²) in [5.74, 6) is 0.829. The first-order valence-corrected chi connectivity index (χ1v) is 26.3. The Morgan fingerprint density at radius 1 is 0.342 bits per heavy atom. The number of aromatic nitrogens is 6. The third kappa shape index (κ3) is 11.0. The molecule has 5 heterocycles. The summed E-state index contributed by atoms with van der Waals surface area (Å²) in [6, 6.07) is 81.4. The minimum Gasteiger partial charge on any atom is -0.657 e. The number of nitrogens with zero attached hydrogens (tertiary/aromatic N) is 6. The Hall–Kier alpha value is -4.84. The summed E-state index contributed by atoms with van der Waals surface area (Å²) in [5.41, 5.74) is 15.3. The molecule has 1 aliphatic rings. The number of benzene rings is 10. The molecule has 0 spiro atoms. The Morgan fingerprint density at radius 3 is 1.11 bits per heavy atom. The van der Waals surface area contributed by atoms with Crippen LogP contribution in [0.3, 0.4) is 0 Å². The van der Waals surface area contributed by atoms with Crippen LogP contribution in [0.5, 0.6) is 0 Å². The van der Waals surface area contributed by atoms with Crippen molar-refractivity contribution in [2.24, 2.45) is 7.05 Å². The second-order valence-electron chi connectivity index (χ2n) is 18.5. The Morgan fingerprint density at radius 2 is 0.684 bits per heavy atom. The SMILES string of the molecule is CC.CC.Cn1c2ccccc2c2ccccc21.[Y].[Y].[Y].[Y].c1cc2c3c(cccc3c1)-c1c(Cn3c4ccccc4c4ccccc43)nc(Cn3c4ccccc4c4ccccc43)nc1-2.c1ccc2c(c1)[n-]c1ccccc12. The van der Waals surface area contributed by atoms with Crippen molar-refractivity contribution in [2.75, 3.05) is 0 Å². The van der Waals surface area contributed by atoms with E-state index in [-0.39, 0.29) is 131 Å². The fourth-order valence-electron chi connectivity index (χ4n) is 11.5. The van der Waals surface area contributed by atoms with Crippen molar-refractivity contribution >= 4 is 98.0 Å². The number of hydrogen-bond acceptors (Lipinski definition) is 2. The zero-order valence-corrected chi connectivity index (χ0v) is 56.7. The standard InChI is InChI=1S/C40H26N4.C13H11N.C12H8N.2C2H6.4Y/c1-5-19-33-26(13-1)27-14-2-6-20-34(27)43(33)23-32-39-30-17-9-11-25-12-10-18-31(38(25)30)40(39)42-37(41-32)24-44-35-21-7-3-15-28(35)29-16-4-8-22-36(29)44;1-14-12-8-4-2-6-10(12)11-7-3-5-9-13(11)14;1-3-7-11-9(5-1)10-6-2-4-8-12(10)13-11;2*1-2;;;;/h1-22H,23-24H2;2-9H,1H3;1-8H;2*1-2H3;;;;/q;;-1;;;;;;. The molecule has 0 aliphatic heterocycles. The van der Waals surface area contributed by atoms with E-state index in [0.29, 0.717) is 13.1 Å². The van der Waals surface area contributed by atoms with Crippen LogP contribution in [-0.4, -0.2) is 23.7 Å². The summed E-state index contributed by atoms with van der Waals surface area (Å²) in [4.78, 5) is 15.3. The average Bonchev–Trinajstić information content (AvgIpc) is 4.48. The number of fused-ring (bicyclic) bond motifs is 15. The Kier molecular flexibility index (Phi) is 20.5. The van der Waals surface area contributed by atoms with Gasteiger partial charge in [-0.15, -0.1) is 11.0 Å². The first-order chi connectivity index (χ1) is 37.2. The van der Waals surface area contributed by atoms with Crippen LogP contribution in [0.15, 0.2) is 231 Å². The molecule has 0 N–H and O–H groups in total.